The molecule has 8 nitrogen and oxygen atoms in total. The monoisotopic (exact) mass is 310 g/mol. The van der Waals surface area contributed by atoms with Crippen LogP contribution in [0.25, 0.3) is 0 Å². The third-order valence-corrected chi connectivity index (χ3v) is 4.14. The van der Waals surface area contributed by atoms with Crippen LogP contribution >= 0.6 is 11.5 Å². The second kappa shape index (κ2) is 5.94. The molecule has 0 amide bonds. The van der Waals surface area contributed by atoms with Crippen LogP contribution in [-0.4, -0.2) is 47.2 Å². The van der Waals surface area contributed by atoms with Gasteiger partial charge in [-0.15, -0.1) is 0 Å². The number of anilines is 2. The fourth-order valence-electron chi connectivity index (χ4n) is 2.35. The van der Waals surface area contributed by atoms with Gasteiger partial charge in [0.2, 0.25) is 5.13 Å². The van der Waals surface area contributed by atoms with E-state index in [1.165, 1.54) is 11.5 Å². The SMILES string of the molecule is COCc1nsc(N2CCCC2c2nc(N(C)C)no2)n1. The van der Waals surface area contributed by atoms with Crippen molar-refractivity contribution in [2.75, 3.05) is 37.5 Å². The van der Waals surface area contributed by atoms with Gasteiger partial charge in [0.1, 0.15) is 12.6 Å². The lowest BCUT2D eigenvalue weighted by molar-refractivity contribution is 0.179. The van der Waals surface area contributed by atoms with E-state index < -0.39 is 0 Å². The van der Waals surface area contributed by atoms with Crippen LogP contribution in [0.3, 0.4) is 0 Å². The van der Waals surface area contributed by atoms with Gasteiger partial charge in [0, 0.05) is 39.3 Å². The molecule has 0 spiro atoms. The van der Waals surface area contributed by atoms with Crippen molar-refractivity contribution in [2.24, 2.45) is 0 Å². The number of nitrogens with zero attached hydrogens (tertiary/aromatic N) is 6. The summed E-state index contributed by atoms with van der Waals surface area (Å²) in [5.74, 6) is 1.94. The number of aromatic nitrogens is 4. The second-order valence-electron chi connectivity index (χ2n) is 5.10. The van der Waals surface area contributed by atoms with Crippen molar-refractivity contribution in [3.8, 4) is 0 Å². The molecule has 21 heavy (non-hydrogen) atoms. The topological polar surface area (TPSA) is 80.4 Å². The zero-order valence-electron chi connectivity index (χ0n) is 12.3. The van der Waals surface area contributed by atoms with E-state index in [2.05, 4.69) is 24.4 Å². The van der Waals surface area contributed by atoms with Gasteiger partial charge >= 0.3 is 0 Å². The zero-order valence-corrected chi connectivity index (χ0v) is 13.1. The fraction of sp³-hybridized carbons (Fsp3) is 0.667. The molecule has 0 aromatic carbocycles. The van der Waals surface area contributed by atoms with Crippen LogP contribution < -0.4 is 9.80 Å². The standard InChI is InChI=1S/C12H18N6O2S/c1-17(2)11-14-10(20-15-11)8-5-4-6-18(8)12-13-9(7-19-3)16-21-12/h8H,4-7H2,1-3H3. The number of hydrogen-bond acceptors (Lipinski definition) is 9. The first-order valence-corrected chi connectivity index (χ1v) is 7.55. The summed E-state index contributed by atoms with van der Waals surface area (Å²) in [6, 6.07) is 0.0783. The van der Waals surface area contributed by atoms with Crippen LogP contribution in [0, 0.1) is 0 Å². The lowest BCUT2D eigenvalue weighted by Crippen LogP contribution is -2.22. The van der Waals surface area contributed by atoms with E-state index in [-0.39, 0.29) is 6.04 Å². The summed E-state index contributed by atoms with van der Waals surface area (Å²) in [5.41, 5.74) is 0. The molecular weight excluding hydrogens is 292 g/mol. The molecule has 1 saturated heterocycles. The molecule has 0 N–H and O–H groups in total. The Hall–Kier alpha value is -1.74. The summed E-state index contributed by atoms with van der Waals surface area (Å²) in [4.78, 5) is 13.0. The van der Waals surface area contributed by atoms with Crippen LogP contribution in [0.1, 0.15) is 30.6 Å². The normalized spacial score (nSPS) is 18.4. The summed E-state index contributed by atoms with van der Waals surface area (Å²) < 4.78 is 14.8. The van der Waals surface area contributed by atoms with Crippen molar-refractivity contribution in [2.45, 2.75) is 25.5 Å². The molecule has 0 saturated carbocycles. The quantitative estimate of drug-likeness (QED) is 0.821. The lowest BCUT2D eigenvalue weighted by atomic mass is 10.2. The molecule has 0 bridgehead atoms. The van der Waals surface area contributed by atoms with Gasteiger partial charge in [-0.3, -0.25) is 0 Å². The highest BCUT2D eigenvalue weighted by Crippen LogP contribution is 2.36. The van der Waals surface area contributed by atoms with Gasteiger partial charge in [0.05, 0.1) is 0 Å². The largest absolute Gasteiger partial charge is 0.377 e. The second-order valence-corrected chi connectivity index (χ2v) is 5.83. The first kappa shape index (κ1) is 14.2. The maximum atomic E-state index is 5.40. The van der Waals surface area contributed by atoms with Gasteiger partial charge in [0.15, 0.2) is 5.82 Å². The number of ether oxygens (including phenoxy) is 1. The first-order valence-electron chi connectivity index (χ1n) is 6.78. The Kier molecular flexibility index (Phi) is 4.02. The van der Waals surface area contributed by atoms with E-state index in [0.29, 0.717) is 24.3 Å². The average Bonchev–Trinajstić information content (AvgIpc) is 3.18. The lowest BCUT2D eigenvalue weighted by Gasteiger charge is -2.19. The Balaban J connectivity index is 1.80. The summed E-state index contributed by atoms with van der Waals surface area (Å²) in [6.45, 7) is 1.35. The van der Waals surface area contributed by atoms with Crippen molar-refractivity contribution in [3.05, 3.63) is 11.7 Å². The van der Waals surface area contributed by atoms with Crippen LogP contribution in [0.2, 0.25) is 0 Å². The predicted octanol–water partition coefficient (Wildman–Crippen LogP) is 1.48. The molecule has 1 aliphatic heterocycles. The van der Waals surface area contributed by atoms with E-state index in [1.807, 2.05) is 19.0 Å². The van der Waals surface area contributed by atoms with Crippen molar-refractivity contribution in [1.29, 1.82) is 0 Å². The Bertz CT molecular complexity index is 598. The molecule has 1 atom stereocenters. The Morgan fingerprint density at radius 2 is 2.29 bits per heavy atom. The molecule has 3 heterocycles. The van der Waals surface area contributed by atoms with Gasteiger partial charge < -0.3 is 19.1 Å². The van der Waals surface area contributed by atoms with E-state index >= 15 is 0 Å². The molecule has 2 aromatic heterocycles. The van der Waals surface area contributed by atoms with Gasteiger partial charge in [-0.05, 0) is 18.0 Å². The van der Waals surface area contributed by atoms with Gasteiger partial charge in [-0.25, -0.2) is 4.98 Å². The maximum Gasteiger partial charge on any atom is 0.265 e. The third-order valence-electron chi connectivity index (χ3n) is 3.35. The van der Waals surface area contributed by atoms with Crippen molar-refractivity contribution in [1.82, 2.24) is 19.5 Å². The minimum absolute atomic E-state index is 0.0783. The molecular formula is C12H18N6O2S. The highest BCUT2D eigenvalue weighted by Gasteiger charge is 2.33. The maximum absolute atomic E-state index is 5.40. The van der Waals surface area contributed by atoms with Gasteiger partial charge in [0.25, 0.3) is 11.8 Å². The zero-order chi connectivity index (χ0) is 14.8. The number of methoxy groups -OCH3 is 1. The van der Waals surface area contributed by atoms with Crippen molar-refractivity contribution in [3.63, 3.8) is 0 Å². The predicted molar refractivity (Wildman–Crippen MR) is 78.6 cm³/mol. The van der Waals surface area contributed by atoms with E-state index in [1.54, 1.807) is 7.11 Å². The molecule has 1 fully saturated rings. The molecule has 114 valence electrons. The Morgan fingerprint density at radius 3 is 3.00 bits per heavy atom. The van der Waals surface area contributed by atoms with E-state index in [0.717, 1.165) is 24.5 Å². The number of hydrogen-bond donors (Lipinski definition) is 0. The summed E-state index contributed by atoms with van der Waals surface area (Å²) in [7, 11) is 5.42. The molecule has 0 radical (unpaired) electrons. The highest BCUT2D eigenvalue weighted by molar-refractivity contribution is 7.09. The molecule has 1 unspecified atom stereocenters. The first-order chi connectivity index (χ1) is 10.2. The average molecular weight is 310 g/mol. The fourth-order valence-corrected chi connectivity index (χ4v) is 3.10. The Labute approximate surface area is 126 Å². The van der Waals surface area contributed by atoms with Crippen LogP contribution in [0.5, 0.6) is 0 Å². The van der Waals surface area contributed by atoms with E-state index in [4.69, 9.17) is 9.26 Å². The minimum atomic E-state index is 0.0783. The van der Waals surface area contributed by atoms with Gasteiger partial charge in [-0.1, -0.05) is 0 Å². The highest BCUT2D eigenvalue weighted by atomic mass is 32.1. The van der Waals surface area contributed by atoms with E-state index in [9.17, 15) is 0 Å². The molecule has 9 heteroatoms. The van der Waals surface area contributed by atoms with Crippen LogP contribution in [0.15, 0.2) is 4.52 Å². The summed E-state index contributed by atoms with van der Waals surface area (Å²) in [6.07, 6.45) is 2.05. The molecule has 0 aliphatic carbocycles. The number of rotatable bonds is 5. The molecule has 3 rings (SSSR count). The molecule has 1 aliphatic rings. The summed E-state index contributed by atoms with van der Waals surface area (Å²) in [5, 5.41) is 4.87. The summed E-state index contributed by atoms with van der Waals surface area (Å²) >= 11 is 1.38. The minimum Gasteiger partial charge on any atom is -0.377 e. The smallest absolute Gasteiger partial charge is 0.265 e. The molecule has 2 aromatic rings. The Morgan fingerprint density at radius 1 is 1.43 bits per heavy atom. The van der Waals surface area contributed by atoms with Gasteiger partial charge in [-0.2, -0.15) is 9.36 Å². The van der Waals surface area contributed by atoms with Crippen LogP contribution in [-0.2, 0) is 11.3 Å². The van der Waals surface area contributed by atoms with Crippen molar-refractivity contribution < 1.29 is 9.26 Å². The third kappa shape index (κ3) is 2.84. The van der Waals surface area contributed by atoms with Crippen molar-refractivity contribution >= 4 is 22.6 Å². The van der Waals surface area contributed by atoms with Crippen LogP contribution in [0.4, 0.5) is 11.1 Å².